The third-order valence-corrected chi connectivity index (χ3v) is 4.11. The Morgan fingerprint density at radius 3 is 2.77 bits per heavy atom. The van der Waals surface area contributed by atoms with E-state index >= 15 is 0 Å². The number of nitrogens with one attached hydrogen (secondary N) is 2. The molecule has 2 N–H and O–H groups in total. The number of para-hydroxylation sites is 1. The summed E-state index contributed by atoms with van der Waals surface area (Å²) in [6, 6.07) is 10.4. The molecule has 0 saturated heterocycles. The largest absolute Gasteiger partial charge is 0.381 e. The molecule has 2 aromatic rings. The summed E-state index contributed by atoms with van der Waals surface area (Å²) in [7, 11) is 0. The van der Waals surface area contributed by atoms with Crippen LogP contribution in [-0.4, -0.2) is 43.8 Å². The Labute approximate surface area is 157 Å². The van der Waals surface area contributed by atoms with Gasteiger partial charge in [-0.05, 0) is 37.8 Å². The molecule has 142 valence electrons. The number of hydrogen-bond donors (Lipinski definition) is 2. The lowest BCUT2D eigenvalue weighted by Crippen LogP contribution is -2.38. The molecule has 0 bridgehead atoms. The maximum absolute atomic E-state index is 5.58. The van der Waals surface area contributed by atoms with Crippen molar-refractivity contribution in [2.75, 3.05) is 32.8 Å². The minimum atomic E-state index is 0.775. The van der Waals surface area contributed by atoms with Crippen LogP contribution in [0.4, 0.5) is 0 Å². The average Bonchev–Trinajstić information content (AvgIpc) is 2.67. The second-order valence-electron chi connectivity index (χ2n) is 6.25. The molecule has 0 aliphatic heterocycles. The van der Waals surface area contributed by atoms with Gasteiger partial charge in [0, 0.05) is 44.4 Å². The van der Waals surface area contributed by atoms with Crippen LogP contribution in [-0.2, 0) is 11.2 Å². The predicted molar refractivity (Wildman–Crippen MR) is 110 cm³/mol. The summed E-state index contributed by atoms with van der Waals surface area (Å²) in [5.74, 6) is 0.870. The average molecular weight is 357 g/mol. The van der Waals surface area contributed by atoms with E-state index in [-0.39, 0.29) is 0 Å². The Kier molecular flexibility index (Phi) is 9.51. The van der Waals surface area contributed by atoms with Crippen molar-refractivity contribution < 1.29 is 4.74 Å². The molecule has 1 aromatic heterocycles. The van der Waals surface area contributed by atoms with Crippen LogP contribution in [0.5, 0.6) is 0 Å². The Bertz CT molecular complexity index is 667. The number of pyridine rings is 1. The third kappa shape index (κ3) is 7.00. The quantitative estimate of drug-likeness (QED) is 0.367. The van der Waals surface area contributed by atoms with Gasteiger partial charge in [0.05, 0.1) is 5.52 Å². The van der Waals surface area contributed by atoms with Crippen LogP contribution in [0, 0.1) is 0 Å². The van der Waals surface area contributed by atoms with Crippen LogP contribution < -0.4 is 10.6 Å². The van der Waals surface area contributed by atoms with Gasteiger partial charge in [-0.25, -0.2) is 0 Å². The summed E-state index contributed by atoms with van der Waals surface area (Å²) in [6.07, 6.45) is 6.04. The van der Waals surface area contributed by atoms with Gasteiger partial charge >= 0.3 is 0 Å². The fourth-order valence-electron chi connectivity index (χ4n) is 2.73. The van der Waals surface area contributed by atoms with E-state index in [1.807, 2.05) is 12.3 Å². The summed E-state index contributed by atoms with van der Waals surface area (Å²) in [4.78, 5) is 9.14. The van der Waals surface area contributed by atoms with Crippen molar-refractivity contribution in [3.63, 3.8) is 0 Å². The van der Waals surface area contributed by atoms with E-state index in [2.05, 4.69) is 58.7 Å². The Balaban J connectivity index is 1.77. The van der Waals surface area contributed by atoms with Gasteiger partial charge in [-0.1, -0.05) is 37.6 Å². The highest BCUT2D eigenvalue weighted by atomic mass is 16.5. The summed E-state index contributed by atoms with van der Waals surface area (Å²) < 4.78 is 5.58. The van der Waals surface area contributed by atoms with Crippen LogP contribution in [0.15, 0.2) is 41.5 Å². The van der Waals surface area contributed by atoms with Crippen molar-refractivity contribution in [1.82, 2.24) is 15.6 Å². The van der Waals surface area contributed by atoms with Crippen molar-refractivity contribution in [2.24, 2.45) is 4.99 Å². The SMILES string of the molecule is CCCCOCCCN=C(NCC)NCCc1cccc2cccnc12. The summed E-state index contributed by atoms with van der Waals surface area (Å²) in [6.45, 7) is 8.36. The number of hydrogen-bond acceptors (Lipinski definition) is 3. The Morgan fingerprint density at radius 2 is 1.92 bits per heavy atom. The number of guanidine groups is 1. The first-order chi connectivity index (χ1) is 12.8. The van der Waals surface area contributed by atoms with E-state index in [9.17, 15) is 0 Å². The molecule has 1 heterocycles. The predicted octanol–water partition coefficient (Wildman–Crippen LogP) is 3.54. The third-order valence-electron chi connectivity index (χ3n) is 4.11. The van der Waals surface area contributed by atoms with Crippen LogP contribution in [0.2, 0.25) is 0 Å². The number of unbranched alkanes of at least 4 members (excludes halogenated alkanes) is 1. The first kappa shape index (κ1) is 20.2. The van der Waals surface area contributed by atoms with Gasteiger partial charge < -0.3 is 15.4 Å². The number of aliphatic imine (C=N–C) groups is 1. The minimum absolute atomic E-state index is 0.775. The highest BCUT2D eigenvalue weighted by Gasteiger charge is 2.02. The molecule has 1 aromatic carbocycles. The maximum Gasteiger partial charge on any atom is 0.191 e. The number of fused-ring (bicyclic) bond motifs is 1. The molecule has 0 fully saturated rings. The molecular weight excluding hydrogens is 324 g/mol. The van der Waals surface area contributed by atoms with Gasteiger partial charge in [0.1, 0.15) is 0 Å². The van der Waals surface area contributed by atoms with Gasteiger partial charge in [0.2, 0.25) is 0 Å². The van der Waals surface area contributed by atoms with Crippen molar-refractivity contribution in [3.8, 4) is 0 Å². The zero-order valence-electron chi connectivity index (χ0n) is 16.1. The first-order valence-corrected chi connectivity index (χ1v) is 9.77. The van der Waals surface area contributed by atoms with Crippen molar-refractivity contribution in [1.29, 1.82) is 0 Å². The second kappa shape index (κ2) is 12.3. The van der Waals surface area contributed by atoms with Crippen LogP contribution in [0.25, 0.3) is 10.9 Å². The maximum atomic E-state index is 5.58. The minimum Gasteiger partial charge on any atom is -0.381 e. The second-order valence-corrected chi connectivity index (χ2v) is 6.25. The van der Waals surface area contributed by atoms with Gasteiger partial charge in [0.15, 0.2) is 5.96 Å². The lowest BCUT2D eigenvalue weighted by atomic mass is 10.1. The normalized spacial score (nSPS) is 11.7. The molecule has 0 amide bonds. The molecule has 5 heteroatoms. The molecular formula is C21H32N4O. The Hall–Kier alpha value is -2.14. The van der Waals surface area contributed by atoms with Crippen molar-refractivity contribution >= 4 is 16.9 Å². The van der Waals surface area contributed by atoms with E-state index < -0.39 is 0 Å². The van der Waals surface area contributed by atoms with E-state index in [1.165, 1.54) is 17.4 Å². The zero-order chi connectivity index (χ0) is 18.5. The number of rotatable bonds is 11. The van der Waals surface area contributed by atoms with Crippen LogP contribution >= 0.6 is 0 Å². The lowest BCUT2D eigenvalue weighted by Gasteiger charge is -2.12. The molecule has 0 saturated carbocycles. The molecule has 0 radical (unpaired) electrons. The van der Waals surface area contributed by atoms with Gasteiger partial charge in [-0.15, -0.1) is 0 Å². The highest BCUT2D eigenvalue weighted by molar-refractivity contribution is 5.82. The molecule has 0 unspecified atom stereocenters. The molecule has 0 aliphatic rings. The van der Waals surface area contributed by atoms with E-state index in [4.69, 9.17) is 4.74 Å². The van der Waals surface area contributed by atoms with E-state index in [0.717, 1.165) is 63.6 Å². The fourth-order valence-corrected chi connectivity index (χ4v) is 2.73. The molecule has 0 aliphatic carbocycles. The lowest BCUT2D eigenvalue weighted by molar-refractivity contribution is 0.130. The van der Waals surface area contributed by atoms with E-state index in [0.29, 0.717) is 0 Å². The fraction of sp³-hybridized carbons (Fsp3) is 0.524. The standard InChI is InChI=1S/C21H32N4O/c1-3-5-16-26-17-8-14-24-21(22-4-2)25-15-12-19-10-6-9-18-11-7-13-23-20(18)19/h6-7,9-11,13H,3-5,8,12,14-17H2,1-2H3,(H2,22,24,25). The first-order valence-electron chi connectivity index (χ1n) is 9.77. The molecule has 5 nitrogen and oxygen atoms in total. The molecule has 0 spiro atoms. The van der Waals surface area contributed by atoms with Crippen molar-refractivity contribution in [2.45, 2.75) is 39.5 Å². The summed E-state index contributed by atoms with van der Waals surface area (Å²) in [5, 5.41) is 7.90. The monoisotopic (exact) mass is 356 g/mol. The highest BCUT2D eigenvalue weighted by Crippen LogP contribution is 2.15. The van der Waals surface area contributed by atoms with Crippen LogP contribution in [0.3, 0.4) is 0 Å². The van der Waals surface area contributed by atoms with Gasteiger partial charge in [0.25, 0.3) is 0 Å². The smallest absolute Gasteiger partial charge is 0.191 e. The van der Waals surface area contributed by atoms with Crippen molar-refractivity contribution in [3.05, 3.63) is 42.1 Å². The number of benzene rings is 1. The number of aromatic nitrogens is 1. The number of ether oxygens (including phenoxy) is 1. The zero-order valence-corrected chi connectivity index (χ0v) is 16.1. The topological polar surface area (TPSA) is 58.5 Å². The number of nitrogens with zero attached hydrogens (tertiary/aromatic N) is 2. The van der Waals surface area contributed by atoms with E-state index in [1.54, 1.807) is 0 Å². The molecule has 0 atom stereocenters. The van der Waals surface area contributed by atoms with Gasteiger partial charge in [-0.2, -0.15) is 0 Å². The van der Waals surface area contributed by atoms with Crippen LogP contribution in [0.1, 0.15) is 38.7 Å². The van der Waals surface area contributed by atoms with Gasteiger partial charge in [-0.3, -0.25) is 9.98 Å². The molecule has 26 heavy (non-hydrogen) atoms. The molecule has 2 rings (SSSR count). The Morgan fingerprint density at radius 1 is 1.08 bits per heavy atom. The summed E-state index contributed by atoms with van der Waals surface area (Å²) in [5.41, 5.74) is 2.35. The summed E-state index contributed by atoms with van der Waals surface area (Å²) >= 11 is 0.